The molecule has 0 aromatic carbocycles. The Hall–Kier alpha value is -1.52. The highest BCUT2D eigenvalue weighted by atomic mass is 16.3. The second-order valence-electron chi connectivity index (χ2n) is 4.88. The summed E-state index contributed by atoms with van der Waals surface area (Å²) in [5, 5.41) is 10.0. The number of hydrogen-bond acceptors (Lipinski definition) is 3. The van der Waals surface area contributed by atoms with Crippen LogP contribution in [-0.2, 0) is 6.42 Å². The van der Waals surface area contributed by atoms with E-state index in [2.05, 4.69) is 18.8 Å². The van der Waals surface area contributed by atoms with Crippen LogP contribution in [-0.4, -0.2) is 14.7 Å². The van der Waals surface area contributed by atoms with Gasteiger partial charge in [0, 0.05) is 6.04 Å². The smallest absolute Gasteiger partial charge is 0.331 e. The first-order valence-electron chi connectivity index (χ1n) is 6.48. The number of hydrogen-bond donors (Lipinski definition) is 2. The molecule has 5 nitrogen and oxygen atoms in total. The monoisotopic (exact) mass is 254 g/mol. The van der Waals surface area contributed by atoms with E-state index in [1.807, 2.05) is 6.92 Å². The molecular formula is C13H22N2O3. The average molecular weight is 254 g/mol. The van der Waals surface area contributed by atoms with Gasteiger partial charge in [-0.3, -0.25) is 14.3 Å². The van der Waals surface area contributed by atoms with E-state index in [9.17, 15) is 14.7 Å². The third-order valence-corrected chi connectivity index (χ3v) is 3.45. The second-order valence-corrected chi connectivity index (χ2v) is 4.88. The van der Waals surface area contributed by atoms with Crippen molar-refractivity contribution in [3.63, 3.8) is 0 Å². The summed E-state index contributed by atoms with van der Waals surface area (Å²) in [5.74, 6) is 0.269. The van der Waals surface area contributed by atoms with Crippen molar-refractivity contribution in [2.75, 3.05) is 0 Å². The molecule has 1 aromatic heterocycles. The van der Waals surface area contributed by atoms with Crippen LogP contribution < -0.4 is 11.2 Å². The first-order valence-corrected chi connectivity index (χ1v) is 6.48. The molecule has 0 aliphatic rings. The minimum Gasteiger partial charge on any atom is -0.494 e. The second kappa shape index (κ2) is 5.89. The van der Waals surface area contributed by atoms with Gasteiger partial charge in [-0.25, -0.2) is 4.79 Å². The molecule has 5 heteroatoms. The van der Waals surface area contributed by atoms with Crippen LogP contribution in [0.15, 0.2) is 9.59 Å². The molecule has 0 saturated heterocycles. The lowest BCUT2D eigenvalue weighted by Crippen LogP contribution is -2.34. The molecule has 1 rings (SSSR count). The van der Waals surface area contributed by atoms with Gasteiger partial charge in [0.05, 0.1) is 5.56 Å². The normalized spacial score (nSPS) is 14.4. The van der Waals surface area contributed by atoms with Crippen molar-refractivity contribution >= 4 is 0 Å². The van der Waals surface area contributed by atoms with Gasteiger partial charge in [0.15, 0.2) is 0 Å². The van der Waals surface area contributed by atoms with Gasteiger partial charge in [0.2, 0.25) is 5.88 Å². The lowest BCUT2D eigenvalue weighted by atomic mass is 10.00. The molecule has 0 aliphatic carbocycles. The summed E-state index contributed by atoms with van der Waals surface area (Å²) in [6.07, 6.45) is 2.21. The molecule has 0 radical (unpaired) electrons. The Morgan fingerprint density at radius 3 is 2.39 bits per heavy atom. The first-order chi connectivity index (χ1) is 8.42. The predicted molar refractivity (Wildman–Crippen MR) is 71.1 cm³/mol. The lowest BCUT2D eigenvalue weighted by Gasteiger charge is -2.20. The highest BCUT2D eigenvalue weighted by Gasteiger charge is 2.18. The molecule has 1 heterocycles. The highest BCUT2D eigenvalue weighted by molar-refractivity contribution is 5.22. The number of aromatic nitrogens is 2. The summed E-state index contributed by atoms with van der Waals surface area (Å²) in [5.41, 5.74) is -0.761. The Bertz CT molecular complexity index is 516. The van der Waals surface area contributed by atoms with Crippen molar-refractivity contribution in [3.05, 3.63) is 26.4 Å². The van der Waals surface area contributed by atoms with Crippen molar-refractivity contribution in [1.29, 1.82) is 0 Å². The number of aromatic hydroxyl groups is 1. The van der Waals surface area contributed by atoms with E-state index >= 15 is 0 Å². The zero-order valence-electron chi connectivity index (χ0n) is 11.5. The van der Waals surface area contributed by atoms with Gasteiger partial charge in [-0.2, -0.15) is 0 Å². The molecule has 2 N–H and O–H groups in total. The van der Waals surface area contributed by atoms with Crippen LogP contribution in [0.3, 0.4) is 0 Å². The molecule has 102 valence electrons. The van der Waals surface area contributed by atoms with Gasteiger partial charge in [0.25, 0.3) is 5.56 Å². The SMILES string of the molecule is CCc1c(O)n(C(C)CC(C)CC)c(=O)[nH]c1=O. The van der Waals surface area contributed by atoms with E-state index in [-0.39, 0.29) is 17.5 Å². The maximum atomic E-state index is 11.8. The maximum absolute atomic E-state index is 11.8. The maximum Gasteiger partial charge on any atom is 0.331 e. The van der Waals surface area contributed by atoms with Crippen LogP contribution in [0, 0.1) is 5.92 Å². The fourth-order valence-corrected chi connectivity index (χ4v) is 2.16. The quantitative estimate of drug-likeness (QED) is 0.841. The third-order valence-electron chi connectivity index (χ3n) is 3.45. The third kappa shape index (κ3) is 2.83. The van der Waals surface area contributed by atoms with Gasteiger partial charge in [-0.05, 0) is 25.7 Å². The van der Waals surface area contributed by atoms with Crippen molar-refractivity contribution in [2.45, 2.75) is 53.0 Å². The van der Waals surface area contributed by atoms with Crippen molar-refractivity contribution in [3.8, 4) is 5.88 Å². The van der Waals surface area contributed by atoms with Crippen LogP contribution in [0.2, 0.25) is 0 Å². The molecule has 0 fully saturated rings. The minimum absolute atomic E-state index is 0.130. The highest BCUT2D eigenvalue weighted by Crippen LogP contribution is 2.22. The van der Waals surface area contributed by atoms with Gasteiger partial charge in [0.1, 0.15) is 0 Å². The van der Waals surface area contributed by atoms with Gasteiger partial charge in [-0.1, -0.05) is 27.2 Å². The Morgan fingerprint density at radius 1 is 1.28 bits per heavy atom. The molecular weight excluding hydrogens is 232 g/mol. The summed E-state index contributed by atoms with van der Waals surface area (Å²) in [6, 6.07) is -0.130. The number of rotatable bonds is 5. The van der Waals surface area contributed by atoms with Crippen molar-refractivity contribution in [2.24, 2.45) is 5.92 Å². The van der Waals surface area contributed by atoms with Gasteiger partial charge in [-0.15, -0.1) is 0 Å². The Balaban J connectivity index is 3.24. The molecule has 2 unspecified atom stereocenters. The zero-order chi connectivity index (χ0) is 13.9. The van der Waals surface area contributed by atoms with Crippen LogP contribution in [0.4, 0.5) is 0 Å². The predicted octanol–water partition coefficient (Wildman–Crippen LogP) is 1.80. The molecule has 2 atom stereocenters. The average Bonchev–Trinajstić information content (AvgIpc) is 2.28. The summed E-state index contributed by atoms with van der Waals surface area (Å²) in [7, 11) is 0. The van der Waals surface area contributed by atoms with E-state index < -0.39 is 11.2 Å². The van der Waals surface area contributed by atoms with E-state index in [1.165, 1.54) is 4.57 Å². The van der Waals surface area contributed by atoms with E-state index in [1.54, 1.807) is 6.92 Å². The molecule has 0 amide bonds. The topological polar surface area (TPSA) is 75.1 Å². The molecule has 0 bridgehead atoms. The van der Waals surface area contributed by atoms with Crippen LogP contribution >= 0.6 is 0 Å². The van der Waals surface area contributed by atoms with Crippen LogP contribution in [0.25, 0.3) is 0 Å². The fraction of sp³-hybridized carbons (Fsp3) is 0.692. The Morgan fingerprint density at radius 2 is 1.89 bits per heavy atom. The first kappa shape index (κ1) is 14.5. The number of H-pyrrole nitrogens is 1. The molecule has 0 aliphatic heterocycles. The Kier molecular flexibility index (Phi) is 4.76. The summed E-state index contributed by atoms with van der Waals surface area (Å²) >= 11 is 0. The lowest BCUT2D eigenvalue weighted by molar-refractivity contribution is 0.327. The number of nitrogens with one attached hydrogen (secondary N) is 1. The number of aromatic amines is 1. The van der Waals surface area contributed by atoms with E-state index in [0.29, 0.717) is 12.3 Å². The molecule has 0 spiro atoms. The molecule has 0 saturated carbocycles. The van der Waals surface area contributed by atoms with Gasteiger partial charge >= 0.3 is 5.69 Å². The fourth-order valence-electron chi connectivity index (χ4n) is 2.16. The Labute approximate surface area is 106 Å². The van der Waals surface area contributed by atoms with Crippen molar-refractivity contribution in [1.82, 2.24) is 9.55 Å². The van der Waals surface area contributed by atoms with Gasteiger partial charge < -0.3 is 5.11 Å². The molecule has 1 aromatic rings. The zero-order valence-corrected chi connectivity index (χ0v) is 11.5. The van der Waals surface area contributed by atoms with Crippen LogP contribution in [0.1, 0.15) is 52.1 Å². The standard InChI is InChI=1S/C13H22N2O3/c1-5-8(3)7-9(4)15-12(17)10(6-2)11(16)14-13(15)18/h8-9,17H,5-7H2,1-4H3,(H,14,16,18). The van der Waals surface area contributed by atoms with E-state index in [0.717, 1.165) is 12.8 Å². The minimum atomic E-state index is -0.537. The summed E-state index contributed by atoms with van der Waals surface area (Å²) in [4.78, 5) is 25.6. The largest absolute Gasteiger partial charge is 0.494 e. The molecule has 18 heavy (non-hydrogen) atoms. The van der Waals surface area contributed by atoms with E-state index in [4.69, 9.17) is 0 Å². The summed E-state index contributed by atoms with van der Waals surface area (Å²) in [6.45, 7) is 7.85. The van der Waals surface area contributed by atoms with Crippen LogP contribution in [0.5, 0.6) is 5.88 Å². The number of nitrogens with zero attached hydrogens (tertiary/aromatic N) is 1. The summed E-state index contributed by atoms with van der Waals surface area (Å²) < 4.78 is 1.28. The van der Waals surface area contributed by atoms with Crippen molar-refractivity contribution < 1.29 is 5.11 Å².